The molecule has 16 heavy (non-hydrogen) atoms. The number of aliphatic carboxylic acids is 1. The molecule has 2 rings (SSSR count). The summed E-state index contributed by atoms with van der Waals surface area (Å²) in [5, 5.41) is 8.61. The third-order valence-corrected chi connectivity index (χ3v) is 2.42. The topological polar surface area (TPSA) is 68.3 Å². The summed E-state index contributed by atoms with van der Waals surface area (Å²) >= 11 is 0. The van der Waals surface area contributed by atoms with Crippen molar-refractivity contribution in [2.75, 3.05) is 0 Å². The van der Waals surface area contributed by atoms with Gasteiger partial charge in [-0.3, -0.25) is 4.79 Å². The SMILES string of the molecule is Cn1c(CCC(=O)O)cnc1-c1ccco1. The van der Waals surface area contributed by atoms with Crippen molar-refractivity contribution in [3.8, 4) is 11.6 Å². The lowest BCUT2D eigenvalue weighted by Gasteiger charge is -2.02. The minimum absolute atomic E-state index is 0.108. The van der Waals surface area contributed by atoms with Crippen LogP contribution in [0.2, 0.25) is 0 Å². The lowest BCUT2D eigenvalue weighted by atomic mass is 10.2. The number of carboxylic acid groups (broad SMARTS) is 1. The number of imidazole rings is 1. The predicted molar refractivity (Wildman–Crippen MR) is 56.9 cm³/mol. The van der Waals surface area contributed by atoms with Crippen LogP contribution in [0.3, 0.4) is 0 Å². The Bertz CT molecular complexity index is 485. The molecular formula is C11H12N2O3. The highest BCUT2D eigenvalue weighted by Gasteiger charge is 2.11. The molecule has 0 spiro atoms. The smallest absolute Gasteiger partial charge is 0.303 e. The Morgan fingerprint density at radius 3 is 3.06 bits per heavy atom. The van der Waals surface area contributed by atoms with Crippen LogP contribution in [0.5, 0.6) is 0 Å². The molecule has 84 valence electrons. The van der Waals surface area contributed by atoms with Gasteiger partial charge in [0.1, 0.15) is 0 Å². The molecule has 0 fully saturated rings. The first-order valence-electron chi connectivity index (χ1n) is 4.94. The summed E-state index contributed by atoms with van der Waals surface area (Å²) < 4.78 is 7.09. The number of carboxylic acids is 1. The van der Waals surface area contributed by atoms with Gasteiger partial charge in [-0.1, -0.05) is 0 Å². The number of carbonyl (C=O) groups is 1. The van der Waals surface area contributed by atoms with Gasteiger partial charge < -0.3 is 14.1 Å². The summed E-state index contributed by atoms with van der Waals surface area (Å²) in [5.74, 6) is 0.593. The fraction of sp³-hybridized carbons (Fsp3) is 0.273. The van der Waals surface area contributed by atoms with Gasteiger partial charge in [0.2, 0.25) is 0 Å². The van der Waals surface area contributed by atoms with E-state index in [0.717, 1.165) is 5.69 Å². The van der Waals surface area contributed by atoms with E-state index in [4.69, 9.17) is 9.52 Å². The molecule has 0 atom stereocenters. The maximum absolute atomic E-state index is 10.5. The second-order valence-corrected chi connectivity index (χ2v) is 3.50. The summed E-state index contributed by atoms with van der Waals surface area (Å²) in [5.41, 5.74) is 0.883. The van der Waals surface area contributed by atoms with Crippen LogP contribution in [0.4, 0.5) is 0 Å². The van der Waals surface area contributed by atoms with E-state index in [-0.39, 0.29) is 6.42 Å². The van der Waals surface area contributed by atoms with E-state index in [1.165, 1.54) is 0 Å². The Morgan fingerprint density at radius 2 is 2.44 bits per heavy atom. The highest BCUT2D eigenvalue weighted by Crippen LogP contribution is 2.19. The number of hydrogen-bond donors (Lipinski definition) is 1. The number of aryl methyl sites for hydroxylation is 1. The van der Waals surface area contributed by atoms with Crippen molar-refractivity contribution in [3.63, 3.8) is 0 Å². The highest BCUT2D eigenvalue weighted by atomic mass is 16.4. The van der Waals surface area contributed by atoms with Crippen LogP contribution in [-0.4, -0.2) is 20.6 Å². The number of furan rings is 1. The monoisotopic (exact) mass is 220 g/mol. The second kappa shape index (κ2) is 4.22. The van der Waals surface area contributed by atoms with E-state index in [2.05, 4.69) is 4.98 Å². The van der Waals surface area contributed by atoms with Gasteiger partial charge in [-0.25, -0.2) is 4.98 Å². The minimum Gasteiger partial charge on any atom is -0.481 e. The van der Waals surface area contributed by atoms with Gasteiger partial charge in [-0.2, -0.15) is 0 Å². The third-order valence-electron chi connectivity index (χ3n) is 2.42. The largest absolute Gasteiger partial charge is 0.481 e. The molecule has 0 aliphatic carbocycles. The molecule has 0 amide bonds. The molecular weight excluding hydrogens is 208 g/mol. The number of aromatic nitrogens is 2. The Hall–Kier alpha value is -2.04. The average Bonchev–Trinajstić information content (AvgIpc) is 2.84. The average molecular weight is 220 g/mol. The van der Waals surface area contributed by atoms with E-state index in [0.29, 0.717) is 18.0 Å². The van der Waals surface area contributed by atoms with E-state index in [1.807, 2.05) is 17.7 Å². The van der Waals surface area contributed by atoms with Crippen LogP contribution in [0.1, 0.15) is 12.1 Å². The number of nitrogens with zero attached hydrogens (tertiary/aromatic N) is 2. The quantitative estimate of drug-likeness (QED) is 0.851. The molecule has 0 aliphatic rings. The molecule has 1 N–H and O–H groups in total. The molecule has 5 heteroatoms. The predicted octanol–water partition coefficient (Wildman–Crippen LogP) is 1.70. The van der Waals surface area contributed by atoms with Gasteiger partial charge in [0.15, 0.2) is 11.6 Å². The molecule has 0 saturated heterocycles. The molecule has 0 saturated carbocycles. The zero-order valence-corrected chi connectivity index (χ0v) is 8.88. The molecule has 0 bridgehead atoms. The summed E-state index contributed by atoms with van der Waals surface area (Å²) in [4.78, 5) is 14.7. The first-order valence-corrected chi connectivity index (χ1v) is 4.94. The maximum atomic E-state index is 10.5. The van der Waals surface area contributed by atoms with Crippen LogP contribution in [0.15, 0.2) is 29.0 Å². The first kappa shape index (κ1) is 10.5. The van der Waals surface area contributed by atoms with E-state index >= 15 is 0 Å². The van der Waals surface area contributed by atoms with Gasteiger partial charge in [-0.05, 0) is 18.6 Å². The highest BCUT2D eigenvalue weighted by molar-refractivity contribution is 5.67. The summed E-state index contributed by atoms with van der Waals surface area (Å²) in [6.07, 6.45) is 3.85. The van der Waals surface area contributed by atoms with Crippen molar-refractivity contribution < 1.29 is 14.3 Å². The summed E-state index contributed by atoms with van der Waals surface area (Å²) in [7, 11) is 1.85. The fourth-order valence-electron chi connectivity index (χ4n) is 1.55. The Morgan fingerprint density at radius 1 is 1.62 bits per heavy atom. The number of rotatable bonds is 4. The fourth-order valence-corrected chi connectivity index (χ4v) is 1.55. The maximum Gasteiger partial charge on any atom is 0.303 e. The van der Waals surface area contributed by atoms with Crippen molar-refractivity contribution >= 4 is 5.97 Å². The van der Waals surface area contributed by atoms with Crippen molar-refractivity contribution in [2.45, 2.75) is 12.8 Å². The van der Waals surface area contributed by atoms with Crippen molar-refractivity contribution in [3.05, 3.63) is 30.3 Å². The molecule has 2 aromatic rings. The lowest BCUT2D eigenvalue weighted by molar-refractivity contribution is -0.136. The second-order valence-electron chi connectivity index (χ2n) is 3.50. The Balaban J connectivity index is 2.21. The van der Waals surface area contributed by atoms with Gasteiger partial charge >= 0.3 is 5.97 Å². The molecule has 2 aromatic heterocycles. The van der Waals surface area contributed by atoms with Crippen LogP contribution in [0.25, 0.3) is 11.6 Å². The van der Waals surface area contributed by atoms with Crippen LogP contribution < -0.4 is 0 Å². The summed E-state index contributed by atoms with van der Waals surface area (Å²) in [6, 6.07) is 3.62. The standard InChI is InChI=1S/C11H12N2O3/c1-13-8(4-5-10(14)15)7-12-11(13)9-3-2-6-16-9/h2-3,6-7H,4-5H2,1H3,(H,14,15). The molecule has 0 aliphatic heterocycles. The zero-order valence-electron chi connectivity index (χ0n) is 8.88. The van der Waals surface area contributed by atoms with E-state index in [1.54, 1.807) is 18.5 Å². The summed E-state index contributed by atoms with van der Waals surface area (Å²) in [6.45, 7) is 0. The number of hydrogen-bond acceptors (Lipinski definition) is 3. The Labute approximate surface area is 92.3 Å². The van der Waals surface area contributed by atoms with Crippen LogP contribution in [-0.2, 0) is 18.3 Å². The van der Waals surface area contributed by atoms with Crippen molar-refractivity contribution in [1.29, 1.82) is 0 Å². The lowest BCUT2D eigenvalue weighted by Crippen LogP contribution is -2.02. The van der Waals surface area contributed by atoms with Crippen molar-refractivity contribution in [1.82, 2.24) is 9.55 Å². The van der Waals surface area contributed by atoms with E-state index in [9.17, 15) is 4.79 Å². The van der Waals surface area contributed by atoms with Crippen molar-refractivity contribution in [2.24, 2.45) is 7.05 Å². The molecule has 0 radical (unpaired) electrons. The third kappa shape index (κ3) is 1.98. The van der Waals surface area contributed by atoms with Crippen LogP contribution >= 0.6 is 0 Å². The van der Waals surface area contributed by atoms with Crippen LogP contribution in [0, 0.1) is 0 Å². The first-order chi connectivity index (χ1) is 7.68. The minimum atomic E-state index is -0.805. The Kier molecular flexibility index (Phi) is 2.76. The molecule has 5 nitrogen and oxygen atoms in total. The van der Waals surface area contributed by atoms with Gasteiger partial charge in [0.25, 0.3) is 0 Å². The molecule has 0 unspecified atom stereocenters. The van der Waals surface area contributed by atoms with Gasteiger partial charge in [0, 0.05) is 18.9 Å². The molecule has 2 heterocycles. The molecule has 0 aromatic carbocycles. The van der Waals surface area contributed by atoms with Gasteiger partial charge in [-0.15, -0.1) is 0 Å². The van der Waals surface area contributed by atoms with Gasteiger partial charge in [0.05, 0.1) is 12.7 Å². The van der Waals surface area contributed by atoms with E-state index < -0.39 is 5.97 Å². The zero-order chi connectivity index (χ0) is 11.5. The normalized spacial score (nSPS) is 10.6.